The molecule has 9 heteroatoms. The Morgan fingerprint density at radius 1 is 1.15 bits per heavy atom. The standard InChI is InChI=1S/C17H16BrF3N2O3/c1-17(2,25)9-26-23(22-15-6-4-11(18)8-14(15)21)16(24)10-3-5-12(19)13(20)7-10/h3-8,22,25H,9H2,1-2H3. The molecule has 1 amide bonds. The molecule has 26 heavy (non-hydrogen) atoms. The first kappa shape index (κ1) is 20.2. The Morgan fingerprint density at radius 2 is 1.85 bits per heavy atom. The molecule has 0 atom stereocenters. The summed E-state index contributed by atoms with van der Waals surface area (Å²) in [4.78, 5) is 17.8. The first-order valence-electron chi connectivity index (χ1n) is 7.43. The fourth-order valence-electron chi connectivity index (χ4n) is 1.80. The zero-order valence-electron chi connectivity index (χ0n) is 13.9. The van der Waals surface area contributed by atoms with Crippen LogP contribution in [-0.2, 0) is 4.84 Å². The highest BCUT2D eigenvalue weighted by Crippen LogP contribution is 2.21. The first-order chi connectivity index (χ1) is 12.1. The number of amides is 1. The summed E-state index contributed by atoms with van der Waals surface area (Å²) in [6.07, 6.45) is 0. The van der Waals surface area contributed by atoms with E-state index in [1.54, 1.807) is 0 Å². The van der Waals surface area contributed by atoms with Gasteiger partial charge in [-0.25, -0.2) is 18.0 Å². The lowest BCUT2D eigenvalue weighted by molar-refractivity contribution is -0.150. The average Bonchev–Trinajstić information content (AvgIpc) is 2.54. The summed E-state index contributed by atoms with van der Waals surface area (Å²) in [6.45, 7) is 2.55. The molecule has 0 heterocycles. The van der Waals surface area contributed by atoms with Crippen molar-refractivity contribution in [2.24, 2.45) is 0 Å². The van der Waals surface area contributed by atoms with Crippen LogP contribution in [0.4, 0.5) is 18.9 Å². The first-order valence-corrected chi connectivity index (χ1v) is 8.22. The molecular formula is C17H16BrF3N2O3. The molecular weight excluding hydrogens is 417 g/mol. The molecule has 5 nitrogen and oxygen atoms in total. The number of nitrogens with one attached hydrogen (secondary N) is 1. The number of benzene rings is 2. The van der Waals surface area contributed by atoms with Gasteiger partial charge in [0.1, 0.15) is 12.4 Å². The maximum absolute atomic E-state index is 14.0. The van der Waals surface area contributed by atoms with Crippen LogP contribution < -0.4 is 5.43 Å². The summed E-state index contributed by atoms with van der Waals surface area (Å²) < 4.78 is 41.0. The van der Waals surface area contributed by atoms with E-state index in [1.807, 2.05) is 0 Å². The SMILES string of the molecule is CC(C)(O)CON(Nc1ccc(Br)cc1F)C(=O)c1ccc(F)c(F)c1. The van der Waals surface area contributed by atoms with Crippen LogP contribution in [0.15, 0.2) is 40.9 Å². The lowest BCUT2D eigenvalue weighted by Crippen LogP contribution is -2.41. The van der Waals surface area contributed by atoms with Crippen LogP contribution in [0.1, 0.15) is 24.2 Å². The highest BCUT2D eigenvalue weighted by atomic mass is 79.9. The van der Waals surface area contributed by atoms with Gasteiger partial charge in [-0.15, -0.1) is 5.17 Å². The molecule has 140 valence electrons. The molecule has 0 radical (unpaired) electrons. The van der Waals surface area contributed by atoms with Crippen LogP contribution in [0.25, 0.3) is 0 Å². The number of carbonyl (C=O) groups is 1. The number of hydrazine groups is 1. The second-order valence-corrected chi connectivity index (χ2v) is 6.97. The van der Waals surface area contributed by atoms with Crippen molar-refractivity contribution in [3.8, 4) is 0 Å². The summed E-state index contributed by atoms with van der Waals surface area (Å²) in [6, 6.07) is 6.58. The molecule has 0 bridgehead atoms. The number of halogens is 4. The second-order valence-electron chi connectivity index (χ2n) is 6.05. The summed E-state index contributed by atoms with van der Waals surface area (Å²) in [5, 5.41) is 10.3. The molecule has 2 N–H and O–H groups in total. The van der Waals surface area contributed by atoms with E-state index in [9.17, 15) is 23.1 Å². The van der Waals surface area contributed by atoms with Gasteiger partial charge in [-0.3, -0.25) is 10.2 Å². The van der Waals surface area contributed by atoms with E-state index in [0.29, 0.717) is 15.7 Å². The minimum absolute atomic E-state index is 0.0973. The topological polar surface area (TPSA) is 61.8 Å². The number of anilines is 1. The molecule has 0 saturated carbocycles. The zero-order chi connectivity index (χ0) is 19.5. The quantitative estimate of drug-likeness (QED) is 0.676. The number of nitrogens with zero attached hydrogens (tertiary/aromatic N) is 1. The van der Waals surface area contributed by atoms with Crippen LogP contribution in [0.2, 0.25) is 0 Å². The summed E-state index contributed by atoms with van der Waals surface area (Å²) >= 11 is 3.11. The fraction of sp³-hybridized carbons (Fsp3) is 0.235. The molecule has 0 aromatic heterocycles. The van der Waals surface area contributed by atoms with Crippen molar-refractivity contribution in [1.29, 1.82) is 0 Å². The number of rotatable bonds is 6. The van der Waals surface area contributed by atoms with Gasteiger partial charge in [-0.1, -0.05) is 15.9 Å². The van der Waals surface area contributed by atoms with Crippen LogP contribution >= 0.6 is 15.9 Å². The zero-order valence-corrected chi connectivity index (χ0v) is 15.5. The van der Waals surface area contributed by atoms with E-state index in [1.165, 1.54) is 32.0 Å². The van der Waals surface area contributed by atoms with E-state index >= 15 is 0 Å². The number of hydroxylamine groups is 1. The molecule has 0 saturated heterocycles. The van der Waals surface area contributed by atoms with Crippen LogP contribution in [0.3, 0.4) is 0 Å². The number of aliphatic hydroxyl groups is 1. The van der Waals surface area contributed by atoms with E-state index < -0.39 is 29.0 Å². The van der Waals surface area contributed by atoms with Gasteiger partial charge >= 0.3 is 0 Å². The van der Waals surface area contributed by atoms with Gasteiger partial charge in [0.2, 0.25) is 0 Å². The molecule has 0 fully saturated rings. The van der Waals surface area contributed by atoms with Crippen molar-refractivity contribution in [3.63, 3.8) is 0 Å². The van der Waals surface area contributed by atoms with Crippen molar-refractivity contribution in [2.45, 2.75) is 19.4 Å². The Hall–Kier alpha value is -2.10. The Labute approximate surface area is 156 Å². The molecule has 2 aromatic carbocycles. The smallest absolute Gasteiger partial charge is 0.297 e. The maximum atomic E-state index is 14.0. The summed E-state index contributed by atoms with van der Waals surface area (Å²) in [5.41, 5.74) is 0.790. The van der Waals surface area contributed by atoms with Crippen LogP contribution in [0.5, 0.6) is 0 Å². The number of hydrogen-bond donors (Lipinski definition) is 2. The average molecular weight is 433 g/mol. The fourth-order valence-corrected chi connectivity index (χ4v) is 2.13. The Bertz CT molecular complexity index is 812. The Balaban J connectivity index is 2.29. The second kappa shape index (κ2) is 8.07. The van der Waals surface area contributed by atoms with Crippen molar-refractivity contribution >= 4 is 27.5 Å². The van der Waals surface area contributed by atoms with E-state index in [4.69, 9.17) is 4.84 Å². The minimum Gasteiger partial charge on any atom is -0.388 e. The van der Waals surface area contributed by atoms with Gasteiger partial charge in [-0.05, 0) is 50.2 Å². The van der Waals surface area contributed by atoms with Gasteiger partial charge in [0.15, 0.2) is 11.6 Å². The van der Waals surface area contributed by atoms with Gasteiger partial charge in [0, 0.05) is 10.0 Å². The van der Waals surface area contributed by atoms with Crippen molar-refractivity contribution in [3.05, 3.63) is 63.9 Å². The molecule has 2 rings (SSSR count). The van der Waals surface area contributed by atoms with Crippen LogP contribution in [-0.4, -0.2) is 28.4 Å². The number of hydrogen-bond acceptors (Lipinski definition) is 4. The predicted molar refractivity (Wildman–Crippen MR) is 92.5 cm³/mol. The highest BCUT2D eigenvalue weighted by molar-refractivity contribution is 9.10. The normalized spacial score (nSPS) is 11.3. The van der Waals surface area contributed by atoms with Crippen LogP contribution in [0, 0.1) is 17.5 Å². The third-order valence-corrected chi connectivity index (χ3v) is 3.54. The van der Waals surface area contributed by atoms with Crippen molar-refractivity contribution in [2.75, 3.05) is 12.0 Å². The molecule has 0 aliphatic rings. The van der Waals surface area contributed by atoms with Gasteiger partial charge in [0.25, 0.3) is 5.91 Å². The van der Waals surface area contributed by atoms with Gasteiger partial charge < -0.3 is 5.11 Å². The number of carbonyl (C=O) groups excluding carboxylic acids is 1. The van der Waals surface area contributed by atoms with Gasteiger partial charge in [0.05, 0.1) is 11.3 Å². The minimum atomic E-state index is -1.30. The lowest BCUT2D eigenvalue weighted by Gasteiger charge is -2.26. The largest absolute Gasteiger partial charge is 0.388 e. The van der Waals surface area contributed by atoms with E-state index in [0.717, 1.165) is 12.1 Å². The Morgan fingerprint density at radius 3 is 2.42 bits per heavy atom. The molecule has 0 aliphatic heterocycles. The summed E-state index contributed by atoms with van der Waals surface area (Å²) in [7, 11) is 0. The van der Waals surface area contributed by atoms with E-state index in [2.05, 4.69) is 21.4 Å². The predicted octanol–water partition coefficient (Wildman–Crippen LogP) is 4.04. The molecule has 0 unspecified atom stereocenters. The van der Waals surface area contributed by atoms with E-state index in [-0.39, 0.29) is 17.9 Å². The molecule has 2 aromatic rings. The molecule has 0 spiro atoms. The van der Waals surface area contributed by atoms with Crippen molar-refractivity contribution < 1.29 is 27.9 Å². The Kier molecular flexibility index (Phi) is 6.27. The third-order valence-electron chi connectivity index (χ3n) is 3.05. The monoisotopic (exact) mass is 432 g/mol. The summed E-state index contributed by atoms with van der Waals surface area (Å²) in [5.74, 6) is -3.92. The van der Waals surface area contributed by atoms with Gasteiger partial charge in [-0.2, -0.15) is 0 Å². The maximum Gasteiger partial charge on any atom is 0.297 e. The third kappa shape index (κ3) is 5.45. The molecule has 0 aliphatic carbocycles. The lowest BCUT2D eigenvalue weighted by atomic mass is 10.2. The highest BCUT2D eigenvalue weighted by Gasteiger charge is 2.23. The van der Waals surface area contributed by atoms with Crippen molar-refractivity contribution in [1.82, 2.24) is 5.17 Å².